The first-order valence-corrected chi connectivity index (χ1v) is 7.06. The van der Waals surface area contributed by atoms with Gasteiger partial charge in [-0.15, -0.1) is 11.6 Å². The van der Waals surface area contributed by atoms with E-state index in [0.717, 1.165) is 23.8 Å². The fourth-order valence-electron chi connectivity index (χ4n) is 1.90. The quantitative estimate of drug-likeness (QED) is 0.721. The van der Waals surface area contributed by atoms with Gasteiger partial charge in [0.25, 0.3) is 0 Å². The average molecular weight is 313 g/mol. The summed E-state index contributed by atoms with van der Waals surface area (Å²) in [7, 11) is 0. The normalized spacial score (nSPS) is 10.5. The Morgan fingerprint density at radius 2 is 1.86 bits per heavy atom. The van der Waals surface area contributed by atoms with Crippen LogP contribution >= 0.6 is 11.6 Å². The third-order valence-corrected chi connectivity index (χ3v) is 3.17. The van der Waals surface area contributed by atoms with E-state index < -0.39 is 11.6 Å². The highest BCUT2D eigenvalue weighted by atomic mass is 35.5. The molecule has 0 aliphatic heterocycles. The minimum atomic E-state index is -0.516. The monoisotopic (exact) mass is 312 g/mol. The van der Waals surface area contributed by atoms with Crippen LogP contribution in [0.3, 0.4) is 0 Å². The Hall–Kier alpha value is -1.81. The lowest BCUT2D eigenvalue weighted by Crippen LogP contribution is -2.03. The van der Waals surface area contributed by atoms with Crippen LogP contribution in [-0.2, 0) is 12.5 Å². The lowest BCUT2D eigenvalue weighted by Gasteiger charge is -2.15. The third-order valence-electron chi connectivity index (χ3n) is 2.88. The molecule has 0 atom stereocenters. The van der Waals surface area contributed by atoms with Crippen LogP contribution in [0.25, 0.3) is 0 Å². The molecule has 2 aromatic rings. The van der Waals surface area contributed by atoms with E-state index in [1.807, 2.05) is 6.92 Å². The molecule has 0 heterocycles. The molecule has 2 rings (SSSR count). The SMILES string of the molecule is CCOc1cccc(CCl)c1OCc1cc(F)ccc1F. The van der Waals surface area contributed by atoms with E-state index in [-0.39, 0.29) is 18.1 Å². The predicted molar refractivity (Wildman–Crippen MR) is 77.9 cm³/mol. The Labute approximate surface area is 127 Å². The average Bonchev–Trinajstić information content (AvgIpc) is 2.49. The van der Waals surface area contributed by atoms with Gasteiger partial charge in [-0.3, -0.25) is 0 Å². The molecule has 0 spiro atoms. The summed E-state index contributed by atoms with van der Waals surface area (Å²) in [6, 6.07) is 8.60. The van der Waals surface area contributed by atoms with Gasteiger partial charge in [-0.1, -0.05) is 12.1 Å². The van der Waals surface area contributed by atoms with E-state index in [1.165, 1.54) is 0 Å². The number of benzene rings is 2. The zero-order valence-electron chi connectivity index (χ0n) is 11.5. The first-order valence-electron chi connectivity index (χ1n) is 6.53. The molecule has 0 aromatic heterocycles. The molecule has 0 aliphatic rings. The largest absolute Gasteiger partial charge is 0.490 e. The predicted octanol–water partition coefficient (Wildman–Crippen LogP) is 4.68. The highest BCUT2D eigenvalue weighted by Crippen LogP contribution is 2.33. The molecule has 0 aliphatic carbocycles. The Balaban J connectivity index is 2.24. The zero-order valence-corrected chi connectivity index (χ0v) is 12.3. The van der Waals surface area contributed by atoms with Crippen LogP contribution in [0.5, 0.6) is 11.5 Å². The molecular formula is C16H15ClF2O2. The van der Waals surface area contributed by atoms with Crippen LogP contribution in [0.15, 0.2) is 36.4 Å². The summed E-state index contributed by atoms with van der Waals surface area (Å²) in [6.45, 7) is 2.22. The van der Waals surface area contributed by atoms with Gasteiger partial charge in [0.1, 0.15) is 18.2 Å². The van der Waals surface area contributed by atoms with Crippen LogP contribution in [0.1, 0.15) is 18.1 Å². The fourth-order valence-corrected chi connectivity index (χ4v) is 2.11. The molecule has 112 valence electrons. The maximum absolute atomic E-state index is 13.6. The molecule has 0 radical (unpaired) electrons. The Kier molecular flexibility index (Phi) is 5.39. The highest BCUT2D eigenvalue weighted by molar-refractivity contribution is 6.17. The number of alkyl halides is 1. The first kappa shape index (κ1) is 15.6. The van der Waals surface area contributed by atoms with Crippen molar-refractivity contribution >= 4 is 11.6 Å². The molecule has 0 unspecified atom stereocenters. The van der Waals surface area contributed by atoms with Crippen LogP contribution in [0, 0.1) is 11.6 Å². The van der Waals surface area contributed by atoms with Gasteiger partial charge in [-0.2, -0.15) is 0 Å². The van der Waals surface area contributed by atoms with Gasteiger partial charge in [-0.25, -0.2) is 8.78 Å². The molecule has 0 saturated carbocycles. The zero-order chi connectivity index (χ0) is 15.2. The van der Waals surface area contributed by atoms with Gasteiger partial charge in [-0.05, 0) is 31.2 Å². The van der Waals surface area contributed by atoms with E-state index in [0.29, 0.717) is 18.1 Å². The summed E-state index contributed by atoms with van der Waals surface area (Å²) in [5.41, 5.74) is 0.876. The van der Waals surface area contributed by atoms with Crippen molar-refractivity contribution < 1.29 is 18.3 Å². The number of halogens is 3. The molecule has 0 amide bonds. The second kappa shape index (κ2) is 7.27. The van der Waals surface area contributed by atoms with Crippen molar-refractivity contribution in [1.82, 2.24) is 0 Å². The van der Waals surface area contributed by atoms with E-state index in [4.69, 9.17) is 21.1 Å². The molecular weight excluding hydrogens is 298 g/mol. The lowest BCUT2D eigenvalue weighted by atomic mass is 10.2. The van der Waals surface area contributed by atoms with Gasteiger partial charge in [0.2, 0.25) is 0 Å². The summed E-state index contributed by atoms with van der Waals surface area (Å²) in [5.74, 6) is 0.205. The Morgan fingerprint density at radius 3 is 2.57 bits per heavy atom. The van der Waals surface area contributed by atoms with Crippen molar-refractivity contribution in [2.75, 3.05) is 6.61 Å². The maximum atomic E-state index is 13.6. The molecule has 5 heteroatoms. The van der Waals surface area contributed by atoms with Crippen molar-refractivity contribution in [3.05, 3.63) is 59.2 Å². The van der Waals surface area contributed by atoms with Crippen LogP contribution in [-0.4, -0.2) is 6.61 Å². The van der Waals surface area contributed by atoms with Gasteiger partial charge in [0, 0.05) is 11.1 Å². The minimum Gasteiger partial charge on any atom is -0.490 e. The molecule has 2 aromatic carbocycles. The summed E-state index contributed by atoms with van der Waals surface area (Å²) in [5, 5.41) is 0. The minimum absolute atomic E-state index is 0.0996. The van der Waals surface area contributed by atoms with Crippen molar-refractivity contribution in [2.24, 2.45) is 0 Å². The van der Waals surface area contributed by atoms with Gasteiger partial charge >= 0.3 is 0 Å². The number of hydrogen-bond acceptors (Lipinski definition) is 2. The van der Waals surface area contributed by atoms with Crippen molar-refractivity contribution in [3.63, 3.8) is 0 Å². The van der Waals surface area contributed by atoms with Gasteiger partial charge < -0.3 is 9.47 Å². The number of ether oxygens (including phenoxy) is 2. The standard InChI is InChI=1S/C16H15ClF2O2/c1-2-20-15-5-3-4-11(9-17)16(15)21-10-12-8-13(18)6-7-14(12)19/h3-8H,2,9-10H2,1H3. The van der Waals surface area contributed by atoms with E-state index >= 15 is 0 Å². The van der Waals surface area contributed by atoms with Gasteiger partial charge in [0.05, 0.1) is 12.5 Å². The smallest absolute Gasteiger partial charge is 0.166 e. The lowest BCUT2D eigenvalue weighted by molar-refractivity contribution is 0.263. The van der Waals surface area contributed by atoms with Crippen LogP contribution in [0.4, 0.5) is 8.78 Å². The first-order chi connectivity index (χ1) is 10.2. The molecule has 0 N–H and O–H groups in total. The number of hydrogen-bond donors (Lipinski definition) is 0. The summed E-state index contributed by atoms with van der Waals surface area (Å²) < 4.78 is 37.8. The molecule has 21 heavy (non-hydrogen) atoms. The Morgan fingerprint density at radius 1 is 1.05 bits per heavy atom. The molecule has 0 fully saturated rings. The van der Waals surface area contributed by atoms with Crippen LogP contribution in [0.2, 0.25) is 0 Å². The molecule has 2 nitrogen and oxygen atoms in total. The van der Waals surface area contributed by atoms with E-state index in [2.05, 4.69) is 0 Å². The number of rotatable bonds is 6. The summed E-state index contributed by atoms with van der Waals surface area (Å²) in [6.07, 6.45) is 0. The van der Waals surface area contributed by atoms with Crippen molar-refractivity contribution in [1.29, 1.82) is 0 Å². The second-order valence-electron chi connectivity index (χ2n) is 4.34. The van der Waals surface area contributed by atoms with Crippen molar-refractivity contribution in [3.8, 4) is 11.5 Å². The van der Waals surface area contributed by atoms with Crippen LogP contribution < -0.4 is 9.47 Å². The summed E-state index contributed by atoms with van der Waals surface area (Å²) in [4.78, 5) is 0. The topological polar surface area (TPSA) is 18.5 Å². The maximum Gasteiger partial charge on any atom is 0.166 e. The van der Waals surface area contributed by atoms with Gasteiger partial charge in [0.15, 0.2) is 11.5 Å². The third kappa shape index (κ3) is 3.85. The van der Waals surface area contributed by atoms with E-state index in [1.54, 1.807) is 18.2 Å². The van der Waals surface area contributed by atoms with E-state index in [9.17, 15) is 8.78 Å². The van der Waals surface area contributed by atoms with Crippen molar-refractivity contribution in [2.45, 2.75) is 19.4 Å². The molecule has 0 saturated heterocycles. The fraction of sp³-hybridized carbons (Fsp3) is 0.250. The summed E-state index contributed by atoms with van der Waals surface area (Å²) >= 11 is 5.87. The Bertz CT molecular complexity index is 617. The number of para-hydroxylation sites is 1. The molecule has 0 bridgehead atoms. The second-order valence-corrected chi connectivity index (χ2v) is 4.60. The highest BCUT2D eigenvalue weighted by Gasteiger charge is 2.12.